The van der Waals surface area contributed by atoms with Crippen LogP contribution in [0.5, 0.6) is 0 Å². The molecule has 0 saturated carbocycles. The highest BCUT2D eigenvalue weighted by molar-refractivity contribution is 4.83. The van der Waals surface area contributed by atoms with Crippen LogP contribution in [-0.4, -0.2) is 36.1 Å². The molecule has 2 heterocycles. The molecule has 1 aromatic heterocycles. The van der Waals surface area contributed by atoms with Gasteiger partial charge < -0.3 is 9.73 Å². The van der Waals surface area contributed by atoms with E-state index in [1.54, 1.807) is 12.5 Å². The highest BCUT2D eigenvalue weighted by Gasteiger charge is 2.18. The Balaban J connectivity index is 1.79. The predicted octanol–water partition coefficient (Wildman–Crippen LogP) is 0.858. The standard InChI is InChI=1S/C10H17N3O/c1-11-9-2-5-13(6-3-9)8-10-12-4-7-14-10/h4,7,9,11H,2-3,5-6,8H2,1H3. The van der Waals surface area contributed by atoms with Crippen molar-refractivity contribution >= 4 is 0 Å². The van der Waals surface area contributed by atoms with E-state index in [1.165, 1.54) is 12.8 Å². The van der Waals surface area contributed by atoms with Gasteiger partial charge in [-0.05, 0) is 19.9 Å². The smallest absolute Gasteiger partial charge is 0.208 e. The SMILES string of the molecule is CNC1CCN(Cc2ncco2)CC1. The zero-order valence-corrected chi connectivity index (χ0v) is 8.57. The predicted molar refractivity (Wildman–Crippen MR) is 53.9 cm³/mol. The van der Waals surface area contributed by atoms with Crippen LogP contribution in [0, 0.1) is 0 Å². The van der Waals surface area contributed by atoms with Crippen molar-refractivity contribution in [1.29, 1.82) is 0 Å². The molecule has 4 nitrogen and oxygen atoms in total. The lowest BCUT2D eigenvalue weighted by Crippen LogP contribution is -2.40. The van der Waals surface area contributed by atoms with Gasteiger partial charge >= 0.3 is 0 Å². The molecule has 1 aliphatic rings. The van der Waals surface area contributed by atoms with Gasteiger partial charge in [0.25, 0.3) is 0 Å². The van der Waals surface area contributed by atoms with Crippen LogP contribution >= 0.6 is 0 Å². The van der Waals surface area contributed by atoms with E-state index in [4.69, 9.17) is 4.42 Å². The maximum atomic E-state index is 5.22. The van der Waals surface area contributed by atoms with E-state index >= 15 is 0 Å². The van der Waals surface area contributed by atoms with Crippen LogP contribution in [0.4, 0.5) is 0 Å². The van der Waals surface area contributed by atoms with Crippen molar-refractivity contribution < 1.29 is 4.42 Å². The Morgan fingerprint density at radius 3 is 2.93 bits per heavy atom. The molecule has 1 aliphatic heterocycles. The van der Waals surface area contributed by atoms with Crippen molar-refractivity contribution in [1.82, 2.24) is 15.2 Å². The first-order valence-corrected chi connectivity index (χ1v) is 5.16. The third-order valence-corrected chi connectivity index (χ3v) is 2.84. The highest BCUT2D eigenvalue weighted by Crippen LogP contribution is 2.12. The van der Waals surface area contributed by atoms with Crippen LogP contribution in [0.2, 0.25) is 0 Å². The van der Waals surface area contributed by atoms with Crippen LogP contribution < -0.4 is 5.32 Å². The van der Waals surface area contributed by atoms with Crippen molar-refractivity contribution in [2.24, 2.45) is 0 Å². The average molecular weight is 195 g/mol. The summed E-state index contributed by atoms with van der Waals surface area (Å²) < 4.78 is 5.22. The number of nitrogens with one attached hydrogen (secondary N) is 1. The number of hydrogen-bond donors (Lipinski definition) is 1. The largest absolute Gasteiger partial charge is 0.448 e. The molecule has 0 aromatic carbocycles. The van der Waals surface area contributed by atoms with Crippen LogP contribution in [-0.2, 0) is 6.54 Å². The summed E-state index contributed by atoms with van der Waals surface area (Å²) in [5.41, 5.74) is 0. The molecule has 1 N–H and O–H groups in total. The van der Waals surface area contributed by atoms with E-state index in [1.807, 2.05) is 7.05 Å². The lowest BCUT2D eigenvalue weighted by molar-refractivity contribution is 0.179. The van der Waals surface area contributed by atoms with E-state index in [0.29, 0.717) is 6.04 Å². The Morgan fingerprint density at radius 2 is 2.36 bits per heavy atom. The Morgan fingerprint density at radius 1 is 1.57 bits per heavy atom. The molecule has 2 rings (SSSR count). The third kappa shape index (κ3) is 2.33. The van der Waals surface area contributed by atoms with Gasteiger partial charge in [0.05, 0.1) is 12.7 Å². The molecule has 0 spiro atoms. The summed E-state index contributed by atoms with van der Waals surface area (Å²) in [5, 5.41) is 3.32. The van der Waals surface area contributed by atoms with Gasteiger partial charge in [-0.25, -0.2) is 4.98 Å². The quantitative estimate of drug-likeness (QED) is 0.776. The second kappa shape index (κ2) is 4.57. The Bertz CT molecular complexity index is 252. The molecule has 78 valence electrons. The van der Waals surface area contributed by atoms with E-state index in [2.05, 4.69) is 15.2 Å². The van der Waals surface area contributed by atoms with Gasteiger partial charge in [0.1, 0.15) is 6.26 Å². The average Bonchev–Trinajstić information content (AvgIpc) is 2.72. The fourth-order valence-corrected chi connectivity index (χ4v) is 1.90. The number of aromatic nitrogens is 1. The summed E-state index contributed by atoms with van der Waals surface area (Å²) in [6.07, 6.45) is 5.78. The Kier molecular flexibility index (Phi) is 3.16. The zero-order chi connectivity index (χ0) is 9.80. The van der Waals surface area contributed by atoms with E-state index in [-0.39, 0.29) is 0 Å². The highest BCUT2D eigenvalue weighted by atomic mass is 16.3. The van der Waals surface area contributed by atoms with Gasteiger partial charge in [-0.15, -0.1) is 0 Å². The maximum Gasteiger partial charge on any atom is 0.208 e. The summed E-state index contributed by atoms with van der Waals surface area (Å²) in [6, 6.07) is 0.691. The van der Waals surface area contributed by atoms with E-state index in [0.717, 1.165) is 25.5 Å². The molecule has 0 atom stereocenters. The van der Waals surface area contributed by atoms with Crippen molar-refractivity contribution in [2.45, 2.75) is 25.4 Å². The number of oxazole rings is 1. The topological polar surface area (TPSA) is 41.3 Å². The van der Waals surface area contributed by atoms with E-state index < -0.39 is 0 Å². The molecule has 0 radical (unpaired) electrons. The van der Waals surface area contributed by atoms with Gasteiger partial charge in [-0.2, -0.15) is 0 Å². The van der Waals surface area contributed by atoms with Crippen molar-refractivity contribution in [3.05, 3.63) is 18.4 Å². The molecule has 0 unspecified atom stereocenters. The first-order chi connectivity index (χ1) is 6.88. The summed E-state index contributed by atoms with van der Waals surface area (Å²) >= 11 is 0. The van der Waals surface area contributed by atoms with Gasteiger partial charge in [0.2, 0.25) is 5.89 Å². The monoisotopic (exact) mass is 195 g/mol. The second-order valence-electron chi connectivity index (χ2n) is 3.76. The van der Waals surface area contributed by atoms with Gasteiger partial charge in [0, 0.05) is 19.1 Å². The van der Waals surface area contributed by atoms with Crippen LogP contribution in [0.15, 0.2) is 16.9 Å². The minimum absolute atomic E-state index is 0.691. The molecule has 1 fully saturated rings. The third-order valence-electron chi connectivity index (χ3n) is 2.84. The second-order valence-corrected chi connectivity index (χ2v) is 3.76. The number of hydrogen-bond acceptors (Lipinski definition) is 4. The molecule has 1 saturated heterocycles. The molecular weight excluding hydrogens is 178 g/mol. The van der Waals surface area contributed by atoms with Gasteiger partial charge in [-0.3, -0.25) is 4.90 Å². The summed E-state index contributed by atoms with van der Waals surface area (Å²) in [6.45, 7) is 3.12. The molecule has 0 amide bonds. The number of rotatable bonds is 3. The number of nitrogens with zero attached hydrogens (tertiary/aromatic N) is 2. The first-order valence-electron chi connectivity index (χ1n) is 5.16. The molecule has 0 aliphatic carbocycles. The van der Waals surface area contributed by atoms with Crippen molar-refractivity contribution in [3.8, 4) is 0 Å². The number of likely N-dealkylation sites (tertiary alicyclic amines) is 1. The molecule has 14 heavy (non-hydrogen) atoms. The van der Waals surface area contributed by atoms with Crippen LogP contribution in [0.25, 0.3) is 0 Å². The summed E-state index contributed by atoms with van der Waals surface area (Å²) in [4.78, 5) is 6.51. The summed E-state index contributed by atoms with van der Waals surface area (Å²) in [5.74, 6) is 0.827. The van der Waals surface area contributed by atoms with Crippen molar-refractivity contribution in [3.63, 3.8) is 0 Å². The Labute approximate surface area is 84.3 Å². The molecule has 4 heteroatoms. The normalized spacial score (nSPS) is 20.1. The molecular formula is C10H17N3O. The maximum absolute atomic E-state index is 5.22. The fourth-order valence-electron chi connectivity index (χ4n) is 1.90. The Hall–Kier alpha value is -0.870. The lowest BCUT2D eigenvalue weighted by Gasteiger charge is -2.30. The lowest BCUT2D eigenvalue weighted by atomic mass is 10.1. The van der Waals surface area contributed by atoms with Gasteiger partial charge in [0.15, 0.2) is 0 Å². The molecule has 1 aromatic rings. The zero-order valence-electron chi connectivity index (χ0n) is 8.57. The van der Waals surface area contributed by atoms with Gasteiger partial charge in [-0.1, -0.05) is 0 Å². The minimum atomic E-state index is 0.691. The van der Waals surface area contributed by atoms with E-state index in [9.17, 15) is 0 Å². The molecule has 0 bridgehead atoms. The minimum Gasteiger partial charge on any atom is -0.448 e. The fraction of sp³-hybridized carbons (Fsp3) is 0.700. The number of piperidine rings is 1. The summed E-state index contributed by atoms with van der Waals surface area (Å²) in [7, 11) is 2.04. The van der Waals surface area contributed by atoms with Crippen LogP contribution in [0.3, 0.4) is 0 Å². The van der Waals surface area contributed by atoms with Crippen LogP contribution in [0.1, 0.15) is 18.7 Å². The van der Waals surface area contributed by atoms with Crippen molar-refractivity contribution in [2.75, 3.05) is 20.1 Å². The first kappa shape index (κ1) is 9.68.